The molecule has 0 unspecified atom stereocenters. The van der Waals surface area contributed by atoms with E-state index in [-0.39, 0.29) is 0 Å². The van der Waals surface area contributed by atoms with Crippen LogP contribution in [0.5, 0.6) is 5.75 Å². The van der Waals surface area contributed by atoms with Gasteiger partial charge >= 0.3 is 0 Å². The Kier molecular flexibility index (Phi) is 5.68. The summed E-state index contributed by atoms with van der Waals surface area (Å²) in [6.07, 6.45) is 4.94. The second-order valence-corrected chi connectivity index (χ2v) is 4.66. The Balaban J connectivity index is 2.43. The van der Waals surface area contributed by atoms with Crippen LogP contribution in [0.3, 0.4) is 0 Å². The van der Waals surface area contributed by atoms with Gasteiger partial charge in [-0.05, 0) is 43.5 Å². The highest BCUT2D eigenvalue weighted by Gasteiger charge is 2.03. The molecule has 0 fully saturated rings. The lowest BCUT2D eigenvalue weighted by Crippen LogP contribution is -1.98. The normalized spacial score (nSPS) is 10.5. The van der Waals surface area contributed by atoms with Gasteiger partial charge in [-0.2, -0.15) is 0 Å². The van der Waals surface area contributed by atoms with Crippen molar-refractivity contribution in [3.05, 3.63) is 28.3 Å². The van der Waals surface area contributed by atoms with Crippen LogP contribution in [-0.2, 0) is 0 Å². The average molecular weight is 241 g/mol. The predicted octanol–water partition coefficient (Wildman–Crippen LogP) is 4.92. The van der Waals surface area contributed by atoms with Crippen LogP contribution in [0, 0.1) is 13.8 Å². The maximum Gasteiger partial charge on any atom is 0.119 e. The molecule has 0 saturated carbocycles. The van der Waals surface area contributed by atoms with E-state index < -0.39 is 0 Å². The minimum atomic E-state index is 0.806. The van der Waals surface area contributed by atoms with Crippen molar-refractivity contribution in [2.24, 2.45) is 0 Å². The molecule has 1 rings (SSSR count). The summed E-state index contributed by atoms with van der Waals surface area (Å²) in [7, 11) is 0. The van der Waals surface area contributed by atoms with Crippen molar-refractivity contribution in [3.63, 3.8) is 0 Å². The number of benzene rings is 1. The van der Waals surface area contributed by atoms with E-state index in [2.05, 4.69) is 6.92 Å². The van der Waals surface area contributed by atoms with Gasteiger partial charge in [0.25, 0.3) is 0 Å². The topological polar surface area (TPSA) is 9.23 Å². The fraction of sp³-hybridized carbons (Fsp3) is 0.571. The van der Waals surface area contributed by atoms with Gasteiger partial charge in [-0.25, -0.2) is 0 Å². The minimum Gasteiger partial charge on any atom is -0.494 e. The fourth-order valence-electron chi connectivity index (χ4n) is 1.71. The number of hydrogen-bond acceptors (Lipinski definition) is 1. The van der Waals surface area contributed by atoms with E-state index in [0.717, 1.165) is 34.9 Å². The third-order valence-corrected chi connectivity index (χ3v) is 3.27. The monoisotopic (exact) mass is 240 g/mol. The molecule has 1 aromatic carbocycles. The molecule has 0 aromatic heterocycles. The zero-order chi connectivity index (χ0) is 12.0. The van der Waals surface area contributed by atoms with Gasteiger partial charge in [0.2, 0.25) is 0 Å². The molecule has 0 bridgehead atoms. The fourth-order valence-corrected chi connectivity index (χ4v) is 1.82. The third kappa shape index (κ3) is 4.05. The molecular weight excluding hydrogens is 220 g/mol. The quantitative estimate of drug-likeness (QED) is 0.642. The lowest BCUT2D eigenvalue weighted by atomic mass is 10.1. The Morgan fingerprint density at radius 1 is 1.06 bits per heavy atom. The minimum absolute atomic E-state index is 0.806. The molecule has 90 valence electrons. The van der Waals surface area contributed by atoms with Gasteiger partial charge in [-0.3, -0.25) is 0 Å². The molecule has 0 saturated heterocycles. The van der Waals surface area contributed by atoms with Crippen molar-refractivity contribution in [2.45, 2.75) is 46.5 Å². The van der Waals surface area contributed by atoms with E-state index in [9.17, 15) is 0 Å². The number of unbranched alkanes of at least 4 members (excludes halogenated alkanes) is 3. The third-order valence-electron chi connectivity index (χ3n) is 2.68. The Hall–Kier alpha value is -0.690. The highest BCUT2D eigenvalue weighted by atomic mass is 35.5. The van der Waals surface area contributed by atoms with Crippen LogP contribution in [0.4, 0.5) is 0 Å². The first-order valence-corrected chi connectivity index (χ1v) is 6.42. The van der Waals surface area contributed by atoms with E-state index in [1.807, 2.05) is 26.0 Å². The lowest BCUT2D eigenvalue weighted by Gasteiger charge is -2.09. The van der Waals surface area contributed by atoms with E-state index in [1.165, 1.54) is 19.3 Å². The van der Waals surface area contributed by atoms with Crippen LogP contribution in [-0.4, -0.2) is 6.61 Å². The molecule has 16 heavy (non-hydrogen) atoms. The van der Waals surface area contributed by atoms with Crippen molar-refractivity contribution in [1.82, 2.24) is 0 Å². The zero-order valence-corrected chi connectivity index (χ0v) is 11.2. The summed E-state index contributed by atoms with van der Waals surface area (Å²) in [5, 5.41) is 0.846. The number of rotatable bonds is 6. The van der Waals surface area contributed by atoms with Crippen molar-refractivity contribution < 1.29 is 4.74 Å². The van der Waals surface area contributed by atoms with E-state index >= 15 is 0 Å². The van der Waals surface area contributed by atoms with Crippen LogP contribution in [0.1, 0.15) is 43.7 Å². The summed E-state index contributed by atoms with van der Waals surface area (Å²) in [6, 6.07) is 4.02. The first kappa shape index (κ1) is 13.4. The van der Waals surface area contributed by atoms with Crippen molar-refractivity contribution >= 4 is 11.6 Å². The second-order valence-electron chi connectivity index (χ2n) is 4.28. The summed E-state index contributed by atoms with van der Waals surface area (Å²) < 4.78 is 5.71. The molecule has 0 aliphatic rings. The maximum absolute atomic E-state index is 6.10. The number of ether oxygens (including phenoxy) is 1. The molecule has 0 heterocycles. The van der Waals surface area contributed by atoms with Gasteiger partial charge in [0.05, 0.1) is 6.61 Å². The Morgan fingerprint density at radius 2 is 1.69 bits per heavy atom. The molecule has 0 atom stereocenters. The van der Waals surface area contributed by atoms with Crippen LogP contribution in [0.25, 0.3) is 0 Å². The summed E-state index contributed by atoms with van der Waals surface area (Å²) >= 11 is 6.10. The van der Waals surface area contributed by atoms with E-state index in [1.54, 1.807) is 0 Å². The Morgan fingerprint density at radius 3 is 2.25 bits per heavy atom. The first-order chi connectivity index (χ1) is 7.65. The van der Waals surface area contributed by atoms with Crippen LogP contribution in [0.15, 0.2) is 12.1 Å². The highest BCUT2D eigenvalue weighted by Crippen LogP contribution is 2.25. The molecule has 0 aliphatic heterocycles. The molecule has 1 aromatic rings. The smallest absolute Gasteiger partial charge is 0.119 e. The highest BCUT2D eigenvalue weighted by molar-refractivity contribution is 6.32. The number of halogens is 1. The number of aryl methyl sites for hydroxylation is 2. The summed E-state index contributed by atoms with van der Waals surface area (Å²) in [5.74, 6) is 0.941. The van der Waals surface area contributed by atoms with E-state index in [4.69, 9.17) is 16.3 Å². The van der Waals surface area contributed by atoms with Crippen LogP contribution >= 0.6 is 11.6 Å². The summed E-state index contributed by atoms with van der Waals surface area (Å²) in [4.78, 5) is 0. The Labute approximate surface area is 104 Å². The van der Waals surface area contributed by atoms with Crippen LogP contribution < -0.4 is 4.74 Å². The first-order valence-electron chi connectivity index (χ1n) is 6.04. The molecule has 0 radical (unpaired) electrons. The van der Waals surface area contributed by atoms with Gasteiger partial charge in [0.1, 0.15) is 5.75 Å². The largest absolute Gasteiger partial charge is 0.494 e. The average Bonchev–Trinajstić information content (AvgIpc) is 2.25. The summed E-state index contributed by atoms with van der Waals surface area (Å²) in [6.45, 7) is 7.05. The van der Waals surface area contributed by atoms with Crippen LogP contribution in [0.2, 0.25) is 5.02 Å². The molecule has 0 amide bonds. The van der Waals surface area contributed by atoms with Gasteiger partial charge in [0.15, 0.2) is 0 Å². The van der Waals surface area contributed by atoms with Crippen molar-refractivity contribution in [3.8, 4) is 5.75 Å². The van der Waals surface area contributed by atoms with Gasteiger partial charge in [0, 0.05) is 5.02 Å². The summed E-state index contributed by atoms with van der Waals surface area (Å²) in [5.41, 5.74) is 2.18. The van der Waals surface area contributed by atoms with Gasteiger partial charge < -0.3 is 4.74 Å². The lowest BCUT2D eigenvalue weighted by molar-refractivity contribution is 0.304. The predicted molar refractivity (Wildman–Crippen MR) is 70.6 cm³/mol. The molecule has 0 N–H and O–H groups in total. The molecule has 0 spiro atoms. The Bertz CT molecular complexity index is 311. The van der Waals surface area contributed by atoms with Gasteiger partial charge in [-0.15, -0.1) is 0 Å². The maximum atomic E-state index is 6.10. The molecule has 0 aliphatic carbocycles. The number of hydrogen-bond donors (Lipinski definition) is 0. The second kappa shape index (κ2) is 6.80. The molecular formula is C14H21ClO. The van der Waals surface area contributed by atoms with Crippen molar-refractivity contribution in [1.29, 1.82) is 0 Å². The standard InChI is InChI=1S/C14H21ClO/c1-4-5-6-7-8-16-13-9-11(2)14(15)12(3)10-13/h9-10H,4-8H2,1-3H3. The molecule has 2 heteroatoms. The van der Waals surface area contributed by atoms with Crippen molar-refractivity contribution in [2.75, 3.05) is 6.61 Å². The molecule has 1 nitrogen and oxygen atoms in total. The van der Waals surface area contributed by atoms with E-state index in [0.29, 0.717) is 0 Å². The van der Waals surface area contributed by atoms with Gasteiger partial charge in [-0.1, -0.05) is 37.8 Å². The zero-order valence-electron chi connectivity index (χ0n) is 10.5. The SMILES string of the molecule is CCCCCCOc1cc(C)c(Cl)c(C)c1.